The summed E-state index contributed by atoms with van der Waals surface area (Å²) in [6, 6.07) is 15.7. The van der Waals surface area contributed by atoms with E-state index in [1.165, 1.54) is 4.90 Å². The van der Waals surface area contributed by atoms with Gasteiger partial charge in [-0.05, 0) is 30.5 Å². The minimum atomic E-state index is -0.660. The lowest BCUT2D eigenvalue weighted by Crippen LogP contribution is -2.36. The molecule has 2 aromatic carbocycles. The molecule has 6 heteroatoms. The highest BCUT2D eigenvalue weighted by molar-refractivity contribution is 9.10. The van der Waals surface area contributed by atoms with Crippen LogP contribution in [0.1, 0.15) is 30.0 Å². The number of hydrogen-bond donors (Lipinski definition) is 1. The molecule has 28 heavy (non-hydrogen) atoms. The summed E-state index contributed by atoms with van der Waals surface area (Å²) in [5.74, 6) is -1.41. The number of rotatable bonds is 4. The van der Waals surface area contributed by atoms with Crippen LogP contribution in [0.25, 0.3) is 5.76 Å². The number of ether oxygens (including phenoxy) is 1. The fraction of sp³-hybridized carbons (Fsp3) is 0.273. The number of amides is 1. The zero-order chi connectivity index (χ0) is 19.7. The van der Waals surface area contributed by atoms with Gasteiger partial charge in [0, 0.05) is 23.2 Å². The Morgan fingerprint density at radius 3 is 2.46 bits per heavy atom. The van der Waals surface area contributed by atoms with Crippen LogP contribution >= 0.6 is 15.9 Å². The van der Waals surface area contributed by atoms with E-state index in [4.69, 9.17) is 4.74 Å². The van der Waals surface area contributed by atoms with Gasteiger partial charge in [-0.25, -0.2) is 0 Å². The molecule has 0 spiro atoms. The van der Waals surface area contributed by atoms with Gasteiger partial charge < -0.3 is 14.7 Å². The highest BCUT2D eigenvalue weighted by Gasteiger charge is 2.46. The van der Waals surface area contributed by atoms with Crippen molar-refractivity contribution in [1.29, 1.82) is 0 Å². The van der Waals surface area contributed by atoms with Crippen molar-refractivity contribution < 1.29 is 19.4 Å². The number of halogens is 1. The summed E-state index contributed by atoms with van der Waals surface area (Å²) < 4.78 is 6.59. The maximum Gasteiger partial charge on any atom is 0.295 e. The molecular formula is C22H20BrNO4. The number of Topliss-reactive ketones (excluding diaryl/α,β-unsaturated/α-hetero) is 1. The van der Waals surface area contributed by atoms with E-state index in [-0.39, 0.29) is 17.4 Å². The lowest BCUT2D eigenvalue weighted by Gasteiger charge is -2.27. The first-order valence-corrected chi connectivity index (χ1v) is 10.1. The highest BCUT2D eigenvalue weighted by atomic mass is 79.9. The van der Waals surface area contributed by atoms with Gasteiger partial charge in [0.15, 0.2) is 0 Å². The Kier molecular flexibility index (Phi) is 5.33. The van der Waals surface area contributed by atoms with Crippen LogP contribution in [-0.4, -0.2) is 41.0 Å². The zero-order valence-corrected chi connectivity index (χ0v) is 16.8. The van der Waals surface area contributed by atoms with E-state index in [2.05, 4.69) is 15.9 Å². The van der Waals surface area contributed by atoms with E-state index in [9.17, 15) is 14.7 Å². The Morgan fingerprint density at radius 1 is 1.11 bits per heavy atom. The van der Waals surface area contributed by atoms with Gasteiger partial charge in [0.05, 0.1) is 17.7 Å². The third-order valence-corrected chi connectivity index (χ3v) is 5.73. The van der Waals surface area contributed by atoms with E-state index in [0.29, 0.717) is 18.7 Å². The molecule has 0 bridgehead atoms. The SMILES string of the molecule is O=C1C(=O)N(C[C@H]2CCCO2)[C@H](c2ccc(Br)cc2)/C1=C(\O)c1ccccc1. The summed E-state index contributed by atoms with van der Waals surface area (Å²) in [4.78, 5) is 27.3. The molecule has 2 saturated heterocycles. The normalized spacial score (nSPS) is 24.1. The topological polar surface area (TPSA) is 66.8 Å². The molecule has 0 saturated carbocycles. The average Bonchev–Trinajstić information content (AvgIpc) is 3.31. The number of carbonyl (C=O) groups excluding carboxylic acids is 2. The van der Waals surface area contributed by atoms with Gasteiger partial charge in [-0.3, -0.25) is 9.59 Å². The molecule has 5 nitrogen and oxygen atoms in total. The molecule has 0 unspecified atom stereocenters. The molecule has 0 aliphatic carbocycles. The van der Waals surface area contributed by atoms with Gasteiger partial charge in [-0.15, -0.1) is 0 Å². The van der Waals surface area contributed by atoms with Gasteiger partial charge in [0.25, 0.3) is 11.7 Å². The summed E-state index contributed by atoms with van der Waals surface area (Å²) in [5, 5.41) is 10.9. The molecular weight excluding hydrogens is 422 g/mol. The number of ketones is 1. The molecule has 0 radical (unpaired) electrons. The van der Waals surface area contributed by atoms with Crippen molar-refractivity contribution >= 4 is 33.4 Å². The van der Waals surface area contributed by atoms with Gasteiger partial charge >= 0.3 is 0 Å². The molecule has 4 rings (SSSR count). The highest BCUT2D eigenvalue weighted by Crippen LogP contribution is 2.40. The van der Waals surface area contributed by atoms with E-state index < -0.39 is 17.7 Å². The minimum Gasteiger partial charge on any atom is -0.507 e. The number of carbonyl (C=O) groups is 2. The maximum absolute atomic E-state index is 12.9. The number of benzene rings is 2. The Labute approximate surface area is 171 Å². The van der Waals surface area contributed by atoms with Crippen LogP contribution in [0.5, 0.6) is 0 Å². The van der Waals surface area contributed by atoms with Gasteiger partial charge in [-0.2, -0.15) is 0 Å². The quantitative estimate of drug-likeness (QED) is 0.441. The molecule has 2 fully saturated rings. The van der Waals surface area contributed by atoms with Crippen molar-refractivity contribution in [3.8, 4) is 0 Å². The van der Waals surface area contributed by atoms with Crippen molar-refractivity contribution in [2.24, 2.45) is 0 Å². The molecule has 144 valence electrons. The molecule has 0 aromatic heterocycles. The second kappa shape index (κ2) is 7.89. The first kappa shape index (κ1) is 18.9. The molecule has 1 N–H and O–H groups in total. The molecule has 2 aromatic rings. The molecule has 2 aliphatic heterocycles. The van der Waals surface area contributed by atoms with Crippen molar-refractivity contribution in [2.75, 3.05) is 13.2 Å². The third-order valence-electron chi connectivity index (χ3n) is 5.20. The van der Waals surface area contributed by atoms with Crippen LogP contribution < -0.4 is 0 Å². The van der Waals surface area contributed by atoms with E-state index >= 15 is 0 Å². The predicted molar refractivity (Wildman–Crippen MR) is 109 cm³/mol. The first-order chi connectivity index (χ1) is 13.6. The summed E-state index contributed by atoms with van der Waals surface area (Å²) >= 11 is 3.42. The smallest absolute Gasteiger partial charge is 0.295 e. The summed E-state index contributed by atoms with van der Waals surface area (Å²) in [5.41, 5.74) is 1.41. The van der Waals surface area contributed by atoms with Gasteiger partial charge in [0.1, 0.15) is 5.76 Å². The second-order valence-electron chi connectivity index (χ2n) is 7.00. The van der Waals surface area contributed by atoms with Crippen molar-refractivity contribution in [3.63, 3.8) is 0 Å². The average molecular weight is 442 g/mol. The minimum absolute atomic E-state index is 0.0899. The predicted octanol–water partition coefficient (Wildman–Crippen LogP) is 4.05. The standard InChI is InChI=1S/C22H20BrNO4/c23-16-10-8-14(9-11-16)19-18(20(25)15-5-2-1-3-6-15)21(26)22(27)24(19)13-17-7-4-12-28-17/h1-3,5-6,8-11,17,19,25H,4,7,12-13H2/b20-18+/t17-,19-/m1/s1. The zero-order valence-electron chi connectivity index (χ0n) is 15.2. The van der Waals surface area contributed by atoms with Crippen LogP contribution in [0.15, 0.2) is 64.6 Å². The second-order valence-corrected chi connectivity index (χ2v) is 7.92. The lowest BCUT2D eigenvalue weighted by molar-refractivity contribution is -0.140. The Balaban J connectivity index is 1.81. The van der Waals surface area contributed by atoms with Crippen LogP contribution in [0, 0.1) is 0 Å². The maximum atomic E-state index is 12.9. The largest absolute Gasteiger partial charge is 0.507 e. The van der Waals surface area contributed by atoms with Crippen molar-refractivity contribution in [2.45, 2.75) is 25.0 Å². The molecule has 2 aliphatic rings. The van der Waals surface area contributed by atoms with E-state index in [1.54, 1.807) is 24.3 Å². The monoisotopic (exact) mass is 441 g/mol. The fourth-order valence-electron chi connectivity index (χ4n) is 3.82. The Bertz CT molecular complexity index is 917. The third kappa shape index (κ3) is 3.50. The van der Waals surface area contributed by atoms with E-state index in [0.717, 1.165) is 22.9 Å². The van der Waals surface area contributed by atoms with Crippen molar-refractivity contribution in [1.82, 2.24) is 4.90 Å². The number of aliphatic hydroxyl groups is 1. The number of nitrogens with zero attached hydrogens (tertiary/aromatic N) is 1. The van der Waals surface area contributed by atoms with E-state index in [1.807, 2.05) is 30.3 Å². The van der Waals surface area contributed by atoms with Crippen LogP contribution in [0.3, 0.4) is 0 Å². The Hall–Kier alpha value is -2.44. The molecule has 2 heterocycles. The first-order valence-electron chi connectivity index (χ1n) is 9.27. The van der Waals surface area contributed by atoms with Crippen molar-refractivity contribution in [3.05, 3.63) is 75.8 Å². The summed E-state index contributed by atoms with van der Waals surface area (Å²) in [7, 11) is 0. The summed E-state index contributed by atoms with van der Waals surface area (Å²) in [6.45, 7) is 0.998. The van der Waals surface area contributed by atoms with Crippen LogP contribution in [0.4, 0.5) is 0 Å². The van der Waals surface area contributed by atoms with Crippen LogP contribution in [0.2, 0.25) is 0 Å². The van der Waals surface area contributed by atoms with Gasteiger partial charge in [0.2, 0.25) is 0 Å². The van der Waals surface area contributed by atoms with Gasteiger partial charge in [-0.1, -0.05) is 58.4 Å². The Morgan fingerprint density at radius 2 is 1.82 bits per heavy atom. The number of likely N-dealkylation sites (tertiary alicyclic amines) is 1. The molecule has 2 atom stereocenters. The fourth-order valence-corrected chi connectivity index (χ4v) is 4.08. The lowest BCUT2D eigenvalue weighted by atomic mass is 9.95. The number of hydrogen-bond acceptors (Lipinski definition) is 4. The van der Waals surface area contributed by atoms with Crippen LogP contribution in [-0.2, 0) is 14.3 Å². The summed E-state index contributed by atoms with van der Waals surface area (Å²) in [6.07, 6.45) is 1.71. The molecule has 1 amide bonds. The number of aliphatic hydroxyl groups excluding tert-OH is 1.